The Hall–Kier alpha value is -3.53. The quantitative estimate of drug-likeness (QED) is 0.716. The van der Waals surface area contributed by atoms with Gasteiger partial charge in [0.05, 0.1) is 37.9 Å². The molecule has 0 aliphatic carbocycles. The predicted octanol–water partition coefficient (Wildman–Crippen LogP) is 2.06. The first kappa shape index (κ1) is 20.2. The number of benzene rings is 1. The Morgan fingerprint density at radius 3 is 2.72 bits per heavy atom. The van der Waals surface area contributed by atoms with Crippen LogP contribution in [0.2, 0.25) is 0 Å². The van der Waals surface area contributed by atoms with E-state index in [1.165, 1.54) is 43.9 Å². The third-order valence-electron chi connectivity index (χ3n) is 3.92. The molecule has 1 aliphatic heterocycles. The maximum absolute atomic E-state index is 12.4. The summed E-state index contributed by atoms with van der Waals surface area (Å²) in [7, 11) is 3.04. The van der Waals surface area contributed by atoms with Crippen LogP contribution in [0.15, 0.2) is 40.7 Å². The minimum atomic E-state index is -0.635. The van der Waals surface area contributed by atoms with Gasteiger partial charge in [0.15, 0.2) is 5.13 Å². The van der Waals surface area contributed by atoms with Gasteiger partial charge in [-0.2, -0.15) is 0 Å². The Bertz CT molecular complexity index is 982. The molecule has 29 heavy (non-hydrogen) atoms. The highest BCUT2D eigenvalue weighted by molar-refractivity contribution is 7.14. The van der Waals surface area contributed by atoms with Crippen molar-refractivity contribution in [2.75, 3.05) is 24.9 Å². The Morgan fingerprint density at radius 1 is 1.21 bits per heavy atom. The number of aromatic nitrogens is 1. The van der Waals surface area contributed by atoms with Crippen molar-refractivity contribution in [3.05, 3.63) is 41.4 Å². The minimum Gasteiger partial charge on any atom is -0.497 e. The van der Waals surface area contributed by atoms with Gasteiger partial charge in [-0.05, 0) is 12.1 Å². The van der Waals surface area contributed by atoms with Gasteiger partial charge in [0.2, 0.25) is 11.8 Å². The zero-order valence-corrected chi connectivity index (χ0v) is 16.5. The molecule has 0 fully saturated rings. The van der Waals surface area contributed by atoms with E-state index in [0.29, 0.717) is 28.0 Å². The molecule has 0 saturated heterocycles. The molecule has 0 bridgehead atoms. The first-order valence-corrected chi connectivity index (χ1v) is 9.40. The van der Waals surface area contributed by atoms with E-state index in [-0.39, 0.29) is 18.2 Å². The summed E-state index contributed by atoms with van der Waals surface area (Å²) < 4.78 is 10.4. The molecule has 2 heterocycles. The lowest BCUT2D eigenvalue weighted by Crippen LogP contribution is -2.24. The number of carbonyl (C=O) groups is 3. The molecule has 10 heteroatoms. The summed E-state index contributed by atoms with van der Waals surface area (Å²) in [6.07, 6.45) is 4.01. The molecule has 9 nitrogen and oxygen atoms in total. The van der Waals surface area contributed by atoms with E-state index in [1.807, 2.05) is 0 Å². The van der Waals surface area contributed by atoms with Crippen LogP contribution in [-0.4, -0.2) is 43.1 Å². The number of hydrogen-bond acceptors (Lipinski definition) is 7. The number of amides is 3. The molecule has 1 unspecified atom stereocenters. The summed E-state index contributed by atoms with van der Waals surface area (Å²) in [5, 5.41) is 7.46. The van der Waals surface area contributed by atoms with Crippen LogP contribution >= 0.6 is 11.3 Å². The molecule has 1 aliphatic rings. The molecule has 1 aromatic carbocycles. The molecular formula is C19H18N4O5S. The van der Waals surface area contributed by atoms with Gasteiger partial charge in [0.25, 0.3) is 5.91 Å². The molecule has 150 valence electrons. The molecule has 2 aromatic rings. The molecule has 1 aromatic heterocycles. The van der Waals surface area contributed by atoms with E-state index < -0.39 is 11.8 Å². The fraction of sp³-hybridized carbons (Fsp3) is 0.211. The standard InChI is InChI=1S/C19H18N4O5S/c1-27-13-4-5-15(28-2)14(8-13)22-17(25)7-12-10-29-19(21-12)23-18(26)11-3-6-16(24)20-9-11/h3-6,8-11H,7H2,1-2H3,(H,22,25)(H,21,23,26). The second-order valence-electron chi connectivity index (χ2n) is 5.93. The van der Waals surface area contributed by atoms with Crippen molar-refractivity contribution in [3.63, 3.8) is 0 Å². The number of ether oxygens (including phenoxy) is 2. The van der Waals surface area contributed by atoms with Crippen molar-refractivity contribution in [3.8, 4) is 11.5 Å². The number of rotatable bonds is 7. The van der Waals surface area contributed by atoms with Crippen LogP contribution in [0.4, 0.5) is 10.8 Å². The third kappa shape index (κ3) is 5.26. The highest BCUT2D eigenvalue weighted by atomic mass is 32.1. The number of dihydropyridines is 1. The SMILES string of the molecule is COc1ccc(OC)c(NC(=O)Cc2csc(NC(=O)C3C=CC(=O)N=C3)n2)c1. The van der Waals surface area contributed by atoms with Gasteiger partial charge in [-0.1, -0.05) is 6.08 Å². The van der Waals surface area contributed by atoms with Crippen LogP contribution in [0.25, 0.3) is 0 Å². The van der Waals surface area contributed by atoms with Gasteiger partial charge in [-0.3, -0.25) is 14.4 Å². The van der Waals surface area contributed by atoms with Gasteiger partial charge in [0, 0.05) is 23.7 Å². The van der Waals surface area contributed by atoms with Gasteiger partial charge in [-0.25, -0.2) is 9.98 Å². The molecule has 0 radical (unpaired) electrons. The fourth-order valence-corrected chi connectivity index (χ4v) is 3.21. The van der Waals surface area contributed by atoms with Crippen LogP contribution < -0.4 is 20.1 Å². The van der Waals surface area contributed by atoms with E-state index in [0.717, 1.165) is 0 Å². The predicted molar refractivity (Wildman–Crippen MR) is 109 cm³/mol. The van der Waals surface area contributed by atoms with Gasteiger partial charge >= 0.3 is 0 Å². The smallest absolute Gasteiger partial charge is 0.269 e. The summed E-state index contributed by atoms with van der Waals surface area (Å²) in [6.45, 7) is 0. The molecule has 0 saturated carbocycles. The normalized spacial score (nSPS) is 15.1. The zero-order chi connectivity index (χ0) is 20.8. The summed E-state index contributed by atoms with van der Waals surface area (Å²) in [5.41, 5.74) is 0.992. The van der Waals surface area contributed by atoms with Crippen molar-refractivity contribution in [1.29, 1.82) is 0 Å². The number of anilines is 2. The topological polar surface area (TPSA) is 119 Å². The van der Waals surface area contributed by atoms with Gasteiger partial charge in [-0.15, -0.1) is 11.3 Å². The average molecular weight is 414 g/mol. The second kappa shape index (κ2) is 9.11. The summed E-state index contributed by atoms with van der Waals surface area (Å²) in [5.74, 6) is -0.592. The van der Waals surface area contributed by atoms with Crippen molar-refractivity contribution in [1.82, 2.24) is 4.98 Å². The number of nitrogens with zero attached hydrogens (tertiary/aromatic N) is 2. The first-order chi connectivity index (χ1) is 14.0. The molecule has 0 spiro atoms. The fourth-order valence-electron chi connectivity index (χ4n) is 2.49. The first-order valence-electron chi connectivity index (χ1n) is 8.52. The summed E-state index contributed by atoms with van der Waals surface area (Å²) in [6, 6.07) is 5.08. The largest absolute Gasteiger partial charge is 0.497 e. The highest BCUT2D eigenvalue weighted by Gasteiger charge is 2.18. The maximum atomic E-state index is 12.4. The lowest BCUT2D eigenvalue weighted by Gasteiger charge is -2.11. The van der Waals surface area contributed by atoms with Crippen LogP contribution in [0.3, 0.4) is 0 Å². The number of carbonyl (C=O) groups excluding carboxylic acids is 3. The zero-order valence-electron chi connectivity index (χ0n) is 15.7. The Morgan fingerprint density at radius 2 is 2.03 bits per heavy atom. The van der Waals surface area contributed by atoms with Crippen LogP contribution in [0.5, 0.6) is 11.5 Å². The van der Waals surface area contributed by atoms with E-state index in [1.54, 1.807) is 23.6 Å². The van der Waals surface area contributed by atoms with Crippen LogP contribution in [0.1, 0.15) is 5.69 Å². The van der Waals surface area contributed by atoms with Crippen molar-refractivity contribution < 1.29 is 23.9 Å². The highest BCUT2D eigenvalue weighted by Crippen LogP contribution is 2.29. The molecule has 2 N–H and O–H groups in total. The Balaban J connectivity index is 1.59. The van der Waals surface area contributed by atoms with E-state index in [9.17, 15) is 14.4 Å². The number of aliphatic imine (C=N–C) groups is 1. The average Bonchev–Trinajstić information content (AvgIpc) is 3.14. The van der Waals surface area contributed by atoms with Crippen LogP contribution in [0, 0.1) is 5.92 Å². The van der Waals surface area contributed by atoms with E-state index in [2.05, 4.69) is 20.6 Å². The van der Waals surface area contributed by atoms with E-state index in [4.69, 9.17) is 9.47 Å². The lowest BCUT2D eigenvalue weighted by molar-refractivity contribution is -0.117. The summed E-state index contributed by atoms with van der Waals surface area (Å²) in [4.78, 5) is 43.4. The summed E-state index contributed by atoms with van der Waals surface area (Å²) >= 11 is 1.20. The number of thiazole rings is 1. The van der Waals surface area contributed by atoms with Gasteiger partial charge in [0.1, 0.15) is 11.5 Å². The monoisotopic (exact) mass is 414 g/mol. The molecule has 1 atom stereocenters. The van der Waals surface area contributed by atoms with Crippen LogP contribution in [-0.2, 0) is 20.8 Å². The Labute approximate surface area is 170 Å². The number of hydrogen-bond donors (Lipinski definition) is 2. The lowest BCUT2D eigenvalue weighted by atomic mass is 10.1. The minimum absolute atomic E-state index is 0.0199. The van der Waals surface area contributed by atoms with E-state index >= 15 is 0 Å². The van der Waals surface area contributed by atoms with Crippen molar-refractivity contribution >= 4 is 46.1 Å². The van der Waals surface area contributed by atoms with Crippen molar-refractivity contribution in [2.24, 2.45) is 10.9 Å². The molecule has 3 amide bonds. The number of methoxy groups -OCH3 is 2. The second-order valence-corrected chi connectivity index (χ2v) is 6.78. The molecular weight excluding hydrogens is 396 g/mol. The van der Waals surface area contributed by atoms with Crippen molar-refractivity contribution in [2.45, 2.75) is 6.42 Å². The Kier molecular flexibility index (Phi) is 6.35. The van der Waals surface area contributed by atoms with Gasteiger partial charge < -0.3 is 20.1 Å². The molecule has 3 rings (SSSR count). The number of nitrogens with one attached hydrogen (secondary N) is 2. The maximum Gasteiger partial charge on any atom is 0.269 e. The third-order valence-corrected chi connectivity index (χ3v) is 4.72.